The van der Waals surface area contributed by atoms with Crippen molar-refractivity contribution in [1.82, 2.24) is 15.3 Å². The number of hydrogen-bond acceptors (Lipinski definition) is 5. The van der Waals surface area contributed by atoms with E-state index in [2.05, 4.69) is 27.1 Å². The third kappa shape index (κ3) is 2.41. The van der Waals surface area contributed by atoms with Crippen LogP contribution in [0.15, 0.2) is 6.20 Å². The Hall–Kier alpha value is -1.36. The second-order valence-corrected chi connectivity index (χ2v) is 3.93. The summed E-state index contributed by atoms with van der Waals surface area (Å²) in [5.41, 5.74) is 0.895. The van der Waals surface area contributed by atoms with E-state index in [0.717, 1.165) is 37.6 Å². The molecule has 0 amide bonds. The first-order valence-electron chi connectivity index (χ1n) is 5.72. The maximum absolute atomic E-state index is 5.55. The van der Waals surface area contributed by atoms with Gasteiger partial charge >= 0.3 is 0 Å². The third-order valence-corrected chi connectivity index (χ3v) is 2.56. The molecule has 1 aliphatic heterocycles. The highest BCUT2D eigenvalue weighted by atomic mass is 16.5. The van der Waals surface area contributed by atoms with Crippen molar-refractivity contribution in [2.45, 2.75) is 19.9 Å². The molecule has 5 heteroatoms. The Balaban J connectivity index is 2.20. The molecular formula is C11H18N4O. The van der Waals surface area contributed by atoms with Gasteiger partial charge in [0, 0.05) is 26.7 Å². The van der Waals surface area contributed by atoms with Gasteiger partial charge in [-0.25, -0.2) is 0 Å². The van der Waals surface area contributed by atoms with Gasteiger partial charge < -0.3 is 15.0 Å². The molecule has 5 nitrogen and oxygen atoms in total. The van der Waals surface area contributed by atoms with Crippen LogP contribution in [-0.2, 0) is 6.54 Å². The lowest BCUT2D eigenvalue weighted by atomic mass is 10.4. The van der Waals surface area contributed by atoms with Crippen LogP contribution >= 0.6 is 0 Å². The van der Waals surface area contributed by atoms with Crippen LogP contribution in [0.3, 0.4) is 0 Å². The molecule has 0 aromatic carbocycles. The molecule has 0 atom stereocenters. The molecule has 0 bridgehead atoms. The Labute approximate surface area is 95.8 Å². The van der Waals surface area contributed by atoms with Crippen molar-refractivity contribution in [2.24, 2.45) is 0 Å². The summed E-state index contributed by atoms with van der Waals surface area (Å²) >= 11 is 0. The van der Waals surface area contributed by atoms with Gasteiger partial charge in [-0.2, -0.15) is 4.98 Å². The number of rotatable bonds is 3. The Morgan fingerprint density at radius 1 is 1.56 bits per heavy atom. The van der Waals surface area contributed by atoms with E-state index < -0.39 is 0 Å². The largest absolute Gasteiger partial charge is 0.475 e. The molecule has 0 unspecified atom stereocenters. The minimum Gasteiger partial charge on any atom is -0.475 e. The third-order valence-electron chi connectivity index (χ3n) is 2.56. The van der Waals surface area contributed by atoms with Crippen LogP contribution in [0.1, 0.15) is 19.0 Å². The molecule has 1 N–H and O–H groups in total. The van der Waals surface area contributed by atoms with Crippen LogP contribution in [0.25, 0.3) is 0 Å². The van der Waals surface area contributed by atoms with Crippen molar-refractivity contribution < 1.29 is 4.74 Å². The number of aromatic nitrogens is 2. The van der Waals surface area contributed by atoms with E-state index in [4.69, 9.17) is 4.74 Å². The van der Waals surface area contributed by atoms with E-state index in [9.17, 15) is 0 Å². The van der Waals surface area contributed by atoms with Crippen LogP contribution in [-0.4, -0.2) is 36.7 Å². The predicted molar refractivity (Wildman–Crippen MR) is 62.8 cm³/mol. The summed E-state index contributed by atoms with van der Waals surface area (Å²) in [6, 6.07) is 0. The van der Waals surface area contributed by atoms with Gasteiger partial charge in [0.05, 0.1) is 6.20 Å². The van der Waals surface area contributed by atoms with Gasteiger partial charge in [-0.15, -0.1) is 0 Å². The van der Waals surface area contributed by atoms with Crippen molar-refractivity contribution in [3.8, 4) is 5.88 Å². The van der Waals surface area contributed by atoms with Crippen molar-refractivity contribution in [2.75, 3.05) is 31.6 Å². The molecule has 2 heterocycles. The molecule has 1 aliphatic rings. The second-order valence-electron chi connectivity index (χ2n) is 3.93. The molecule has 1 aromatic heterocycles. The zero-order chi connectivity index (χ0) is 11.4. The lowest BCUT2D eigenvalue weighted by molar-refractivity contribution is 0.313. The molecule has 0 fully saturated rings. The van der Waals surface area contributed by atoms with E-state index in [1.807, 2.05) is 13.2 Å². The highest BCUT2D eigenvalue weighted by Gasteiger charge is 2.13. The highest BCUT2D eigenvalue weighted by molar-refractivity contribution is 5.38. The molecule has 1 aromatic rings. The van der Waals surface area contributed by atoms with Crippen molar-refractivity contribution >= 4 is 5.82 Å². The van der Waals surface area contributed by atoms with E-state index in [1.54, 1.807) is 0 Å². The first kappa shape index (κ1) is 11.1. The number of anilines is 1. The predicted octanol–water partition coefficient (Wildman–Crippen LogP) is 0.805. The lowest BCUT2D eigenvalue weighted by Crippen LogP contribution is -2.20. The molecular weight excluding hydrogens is 204 g/mol. The SMILES string of the molecule is CCCN(C)c1cnc2c(n1)OCCNC2. The zero-order valence-electron chi connectivity index (χ0n) is 9.86. The maximum Gasteiger partial charge on any atom is 0.239 e. The van der Waals surface area contributed by atoms with Gasteiger partial charge in [-0.05, 0) is 6.42 Å². The van der Waals surface area contributed by atoms with E-state index in [1.165, 1.54) is 0 Å². The molecule has 2 rings (SSSR count). The summed E-state index contributed by atoms with van der Waals surface area (Å²) in [5, 5.41) is 3.24. The van der Waals surface area contributed by atoms with Crippen molar-refractivity contribution in [1.29, 1.82) is 0 Å². The van der Waals surface area contributed by atoms with Gasteiger partial charge in [0.25, 0.3) is 0 Å². The second kappa shape index (κ2) is 5.12. The summed E-state index contributed by atoms with van der Waals surface area (Å²) in [5.74, 6) is 1.55. The molecule has 0 saturated carbocycles. The van der Waals surface area contributed by atoms with Crippen LogP contribution in [0.2, 0.25) is 0 Å². The molecule has 88 valence electrons. The Bertz CT molecular complexity index is 356. The number of hydrogen-bond donors (Lipinski definition) is 1. The number of nitrogens with zero attached hydrogens (tertiary/aromatic N) is 3. The maximum atomic E-state index is 5.55. The smallest absolute Gasteiger partial charge is 0.239 e. The summed E-state index contributed by atoms with van der Waals surface area (Å²) in [6.07, 6.45) is 2.91. The Morgan fingerprint density at radius 2 is 2.44 bits per heavy atom. The van der Waals surface area contributed by atoms with Crippen LogP contribution in [0, 0.1) is 0 Å². The van der Waals surface area contributed by atoms with Crippen LogP contribution in [0.5, 0.6) is 5.88 Å². The number of fused-ring (bicyclic) bond motifs is 1. The van der Waals surface area contributed by atoms with Crippen LogP contribution < -0.4 is 15.0 Å². The van der Waals surface area contributed by atoms with Gasteiger partial charge in [-0.3, -0.25) is 4.98 Å². The van der Waals surface area contributed by atoms with E-state index in [-0.39, 0.29) is 0 Å². The summed E-state index contributed by atoms with van der Waals surface area (Å²) in [6.45, 7) is 5.36. The Morgan fingerprint density at radius 3 is 3.25 bits per heavy atom. The zero-order valence-corrected chi connectivity index (χ0v) is 9.86. The molecule has 0 radical (unpaired) electrons. The molecule has 0 spiro atoms. The van der Waals surface area contributed by atoms with Crippen molar-refractivity contribution in [3.05, 3.63) is 11.9 Å². The van der Waals surface area contributed by atoms with E-state index >= 15 is 0 Å². The van der Waals surface area contributed by atoms with E-state index in [0.29, 0.717) is 12.5 Å². The monoisotopic (exact) mass is 222 g/mol. The average molecular weight is 222 g/mol. The average Bonchev–Trinajstić information content (AvgIpc) is 2.53. The minimum absolute atomic E-state index is 0.655. The Kier molecular flexibility index (Phi) is 3.56. The normalized spacial score (nSPS) is 14.9. The fraction of sp³-hybridized carbons (Fsp3) is 0.636. The summed E-state index contributed by atoms with van der Waals surface area (Å²) in [4.78, 5) is 11.0. The fourth-order valence-electron chi connectivity index (χ4n) is 1.69. The molecule has 0 aliphatic carbocycles. The topological polar surface area (TPSA) is 50.3 Å². The number of ether oxygens (including phenoxy) is 1. The van der Waals surface area contributed by atoms with Crippen LogP contribution in [0.4, 0.5) is 5.82 Å². The van der Waals surface area contributed by atoms with Gasteiger partial charge in [0.15, 0.2) is 5.82 Å². The van der Waals surface area contributed by atoms with Gasteiger partial charge in [-0.1, -0.05) is 6.92 Å². The lowest BCUT2D eigenvalue weighted by Gasteiger charge is -2.17. The number of nitrogens with one attached hydrogen (secondary N) is 1. The van der Waals surface area contributed by atoms with Gasteiger partial charge in [0.2, 0.25) is 5.88 Å². The molecule has 0 saturated heterocycles. The first-order valence-corrected chi connectivity index (χ1v) is 5.72. The minimum atomic E-state index is 0.655. The summed E-state index contributed by atoms with van der Waals surface area (Å²) in [7, 11) is 2.02. The quantitative estimate of drug-likeness (QED) is 0.820. The first-order chi connectivity index (χ1) is 7.81. The standard InChI is InChI=1S/C11H18N4O/c1-3-5-15(2)10-8-13-9-7-12-4-6-16-11(9)14-10/h8,12H,3-7H2,1-2H3. The van der Waals surface area contributed by atoms with Gasteiger partial charge in [0.1, 0.15) is 12.3 Å². The van der Waals surface area contributed by atoms with Crippen molar-refractivity contribution in [3.63, 3.8) is 0 Å². The highest BCUT2D eigenvalue weighted by Crippen LogP contribution is 2.19. The molecule has 16 heavy (non-hydrogen) atoms. The summed E-state index contributed by atoms with van der Waals surface area (Å²) < 4.78 is 5.55. The fourth-order valence-corrected chi connectivity index (χ4v) is 1.69.